The maximum Gasteiger partial charge on any atom is 0.255 e. The van der Waals surface area contributed by atoms with Crippen LogP contribution in [-0.4, -0.2) is 21.5 Å². The lowest BCUT2D eigenvalue weighted by atomic mass is 10.1. The predicted octanol–water partition coefficient (Wildman–Crippen LogP) is 3.68. The Bertz CT molecular complexity index is 643. The van der Waals surface area contributed by atoms with Gasteiger partial charge in [-0.15, -0.1) is 0 Å². The normalized spacial score (nSPS) is 10.3. The Morgan fingerprint density at radius 2 is 1.90 bits per heavy atom. The molecular formula is C16H16BrNO3. The van der Waals surface area contributed by atoms with Crippen LogP contribution in [0.25, 0.3) is 0 Å². The molecule has 0 radical (unpaired) electrons. The highest BCUT2D eigenvalue weighted by Gasteiger charge is 2.09. The zero-order valence-electron chi connectivity index (χ0n) is 11.3. The van der Waals surface area contributed by atoms with Gasteiger partial charge in [-0.2, -0.15) is 0 Å². The number of phenols is 2. The summed E-state index contributed by atoms with van der Waals surface area (Å²) in [5.41, 5.74) is 2.15. The highest BCUT2D eigenvalue weighted by molar-refractivity contribution is 9.09. The van der Waals surface area contributed by atoms with Crippen LogP contribution in [0.4, 0.5) is 5.69 Å². The summed E-state index contributed by atoms with van der Waals surface area (Å²) in [4.78, 5) is 12.1. The van der Waals surface area contributed by atoms with E-state index in [1.807, 2.05) is 24.3 Å². The standard InChI is InChI=1S/C16H16BrNO3/c17-8-2-4-11-3-1-5-13(9-11)18-16(21)12-6-7-14(19)15(20)10-12/h1,3,5-7,9-10,19-20H,2,4,8H2,(H,18,21). The van der Waals surface area contributed by atoms with Gasteiger partial charge in [0.1, 0.15) is 0 Å². The Balaban J connectivity index is 2.10. The van der Waals surface area contributed by atoms with Gasteiger partial charge in [0.25, 0.3) is 5.91 Å². The molecular weight excluding hydrogens is 334 g/mol. The number of hydrogen-bond acceptors (Lipinski definition) is 3. The lowest BCUT2D eigenvalue weighted by Crippen LogP contribution is -2.11. The number of carbonyl (C=O) groups excluding carboxylic acids is 1. The number of halogens is 1. The molecule has 5 heteroatoms. The number of nitrogens with one attached hydrogen (secondary N) is 1. The number of phenolic OH excluding ortho intramolecular Hbond substituents is 2. The van der Waals surface area contributed by atoms with Gasteiger partial charge in [-0.05, 0) is 48.7 Å². The van der Waals surface area contributed by atoms with Gasteiger partial charge in [0.05, 0.1) is 0 Å². The first-order valence-corrected chi connectivity index (χ1v) is 7.70. The number of aryl methyl sites for hydroxylation is 1. The number of aromatic hydroxyl groups is 2. The van der Waals surface area contributed by atoms with Crippen molar-refractivity contribution < 1.29 is 15.0 Å². The first-order chi connectivity index (χ1) is 10.1. The minimum atomic E-state index is -0.331. The molecule has 2 rings (SSSR count). The lowest BCUT2D eigenvalue weighted by molar-refractivity contribution is 0.102. The van der Waals surface area contributed by atoms with Gasteiger partial charge in [0.15, 0.2) is 11.5 Å². The molecule has 1 amide bonds. The largest absolute Gasteiger partial charge is 0.504 e. The molecule has 0 atom stereocenters. The zero-order chi connectivity index (χ0) is 15.2. The minimum Gasteiger partial charge on any atom is -0.504 e. The molecule has 0 saturated carbocycles. The van der Waals surface area contributed by atoms with Crippen molar-refractivity contribution in [3.8, 4) is 11.5 Å². The number of carbonyl (C=O) groups is 1. The number of alkyl halides is 1. The van der Waals surface area contributed by atoms with Gasteiger partial charge >= 0.3 is 0 Å². The summed E-state index contributed by atoms with van der Waals surface area (Å²) in [7, 11) is 0. The van der Waals surface area contributed by atoms with Crippen LogP contribution in [0.3, 0.4) is 0 Å². The van der Waals surface area contributed by atoms with Gasteiger partial charge in [0.2, 0.25) is 0 Å². The third kappa shape index (κ3) is 4.23. The van der Waals surface area contributed by atoms with E-state index in [-0.39, 0.29) is 23.0 Å². The highest BCUT2D eigenvalue weighted by atomic mass is 79.9. The summed E-state index contributed by atoms with van der Waals surface area (Å²) in [5.74, 6) is -0.889. The first-order valence-electron chi connectivity index (χ1n) is 6.58. The van der Waals surface area contributed by atoms with Crippen LogP contribution in [0.1, 0.15) is 22.3 Å². The Hall–Kier alpha value is -2.01. The fourth-order valence-corrected chi connectivity index (χ4v) is 2.22. The highest BCUT2D eigenvalue weighted by Crippen LogP contribution is 2.25. The van der Waals surface area contributed by atoms with Gasteiger partial charge in [-0.25, -0.2) is 0 Å². The van der Waals surface area contributed by atoms with Crippen LogP contribution >= 0.6 is 15.9 Å². The fraction of sp³-hybridized carbons (Fsp3) is 0.188. The van der Waals surface area contributed by atoms with Gasteiger partial charge < -0.3 is 15.5 Å². The van der Waals surface area contributed by atoms with Crippen molar-refractivity contribution in [3.63, 3.8) is 0 Å². The number of anilines is 1. The quantitative estimate of drug-likeness (QED) is 0.569. The molecule has 0 aromatic heterocycles. The van der Waals surface area contributed by atoms with Crippen LogP contribution < -0.4 is 5.32 Å². The molecule has 0 unspecified atom stereocenters. The van der Waals surface area contributed by atoms with E-state index in [4.69, 9.17) is 0 Å². The van der Waals surface area contributed by atoms with Crippen LogP contribution in [0.2, 0.25) is 0 Å². The summed E-state index contributed by atoms with van der Waals surface area (Å²) < 4.78 is 0. The smallest absolute Gasteiger partial charge is 0.255 e. The van der Waals surface area contributed by atoms with E-state index >= 15 is 0 Å². The second-order valence-corrected chi connectivity index (χ2v) is 5.44. The molecule has 110 valence electrons. The average Bonchev–Trinajstić information content (AvgIpc) is 2.48. The van der Waals surface area contributed by atoms with Crippen LogP contribution in [0.5, 0.6) is 11.5 Å². The molecule has 0 aliphatic rings. The molecule has 0 bridgehead atoms. The van der Waals surface area contributed by atoms with Gasteiger partial charge in [-0.3, -0.25) is 4.79 Å². The minimum absolute atomic E-state index is 0.247. The van der Waals surface area contributed by atoms with Crippen LogP contribution in [0.15, 0.2) is 42.5 Å². The molecule has 0 spiro atoms. The third-order valence-corrected chi connectivity index (χ3v) is 3.58. The van der Waals surface area contributed by atoms with Crippen LogP contribution in [0, 0.1) is 0 Å². The molecule has 0 aliphatic carbocycles. The molecule has 4 nitrogen and oxygen atoms in total. The van der Waals surface area contributed by atoms with Crippen molar-refractivity contribution in [1.82, 2.24) is 0 Å². The molecule has 21 heavy (non-hydrogen) atoms. The lowest BCUT2D eigenvalue weighted by Gasteiger charge is -2.08. The Morgan fingerprint density at radius 3 is 2.62 bits per heavy atom. The second-order valence-electron chi connectivity index (χ2n) is 4.65. The van der Waals surface area contributed by atoms with E-state index in [0.29, 0.717) is 5.69 Å². The van der Waals surface area contributed by atoms with Crippen molar-refractivity contribution in [2.45, 2.75) is 12.8 Å². The van der Waals surface area contributed by atoms with Crippen molar-refractivity contribution in [2.75, 3.05) is 10.6 Å². The molecule has 0 aliphatic heterocycles. The second kappa shape index (κ2) is 7.13. The molecule has 2 aromatic carbocycles. The molecule has 0 fully saturated rings. The first kappa shape index (κ1) is 15.4. The zero-order valence-corrected chi connectivity index (χ0v) is 12.9. The van der Waals surface area contributed by atoms with Crippen molar-refractivity contribution in [3.05, 3.63) is 53.6 Å². The number of amides is 1. The average molecular weight is 350 g/mol. The SMILES string of the molecule is O=C(Nc1cccc(CCCBr)c1)c1ccc(O)c(O)c1. The van der Waals surface area contributed by atoms with E-state index in [2.05, 4.69) is 21.2 Å². The Morgan fingerprint density at radius 1 is 1.10 bits per heavy atom. The summed E-state index contributed by atoms with van der Waals surface area (Å²) in [6, 6.07) is 11.6. The van der Waals surface area contributed by atoms with Crippen molar-refractivity contribution >= 4 is 27.5 Å². The molecule has 0 saturated heterocycles. The predicted molar refractivity (Wildman–Crippen MR) is 86.3 cm³/mol. The van der Waals surface area contributed by atoms with Gasteiger partial charge in [0, 0.05) is 16.6 Å². The number of rotatable bonds is 5. The summed E-state index contributed by atoms with van der Waals surface area (Å²) in [5, 5.41) is 22.4. The molecule has 2 aromatic rings. The van der Waals surface area contributed by atoms with E-state index < -0.39 is 0 Å². The molecule has 3 N–H and O–H groups in total. The Labute approximate surface area is 131 Å². The van der Waals surface area contributed by atoms with Crippen molar-refractivity contribution in [2.24, 2.45) is 0 Å². The maximum absolute atomic E-state index is 12.1. The summed E-state index contributed by atoms with van der Waals surface area (Å²) in [6.07, 6.45) is 1.97. The Kier molecular flexibility index (Phi) is 5.22. The van der Waals surface area contributed by atoms with E-state index in [9.17, 15) is 15.0 Å². The monoisotopic (exact) mass is 349 g/mol. The number of hydrogen-bond donors (Lipinski definition) is 3. The topological polar surface area (TPSA) is 69.6 Å². The summed E-state index contributed by atoms with van der Waals surface area (Å²) in [6.45, 7) is 0. The van der Waals surface area contributed by atoms with Crippen molar-refractivity contribution in [1.29, 1.82) is 0 Å². The maximum atomic E-state index is 12.1. The van der Waals surface area contributed by atoms with Crippen LogP contribution in [-0.2, 0) is 6.42 Å². The van der Waals surface area contributed by atoms with E-state index in [0.717, 1.165) is 23.7 Å². The fourth-order valence-electron chi connectivity index (χ4n) is 1.94. The van der Waals surface area contributed by atoms with E-state index in [1.165, 1.54) is 18.2 Å². The number of benzene rings is 2. The van der Waals surface area contributed by atoms with Gasteiger partial charge in [-0.1, -0.05) is 28.1 Å². The third-order valence-electron chi connectivity index (χ3n) is 3.02. The van der Waals surface area contributed by atoms with E-state index in [1.54, 1.807) is 0 Å². The summed E-state index contributed by atoms with van der Waals surface area (Å²) >= 11 is 3.39. The molecule has 0 heterocycles.